The maximum atomic E-state index is 13.8. The molecular weight excluding hydrogens is 207 g/mol. The van der Waals surface area contributed by atoms with Crippen molar-refractivity contribution in [1.82, 2.24) is 0 Å². The molecule has 0 heterocycles. The van der Waals surface area contributed by atoms with E-state index < -0.39 is 0 Å². The van der Waals surface area contributed by atoms with E-state index >= 15 is 0 Å². The second-order valence-electron chi connectivity index (χ2n) is 3.91. The Morgan fingerprint density at radius 3 is 2.69 bits per heavy atom. The van der Waals surface area contributed by atoms with Crippen LogP contribution < -0.4 is 10.6 Å². The van der Waals surface area contributed by atoms with Crippen molar-refractivity contribution in [2.75, 3.05) is 25.7 Å². The zero-order valence-electron chi connectivity index (χ0n) is 10.0. The molecule has 0 aliphatic heterocycles. The molecule has 16 heavy (non-hydrogen) atoms. The van der Waals surface area contributed by atoms with Crippen LogP contribution in [0.4, 0.5) is 10.1 Å². The molecule has 1 rings (SSSR count). The molecule has 2 N–H and O–H groups in total. The molecule has 0 bridgehead atoms. The maximum Gasteiger partial charge on any atom is 0.146 e. The summed E-state index contributed by atoms with van der Waals surface area (Å²) in [6.07, 6.45) is 0. The van der Waals surface area contributed by atoms with Crippen LogP contribution in [0.5, 0.6) is 0 Å². The number of rotatable bonds is 5. The van der Waals surface area contributed by atoms with Crippen LogP contribution in [0.25, 0.3) is 0 Å². The second-order valence-corrected chi connectivity index (χ2v) is 3.91. The lowest BCUT2D eigenvalue weighted by Gasteiger charge is -2.27. The molecule has 0 saturated carbocycles. The topological polar surface area (TPSA) is 38.5 Å². The SMILES string of the molecule is COCC(C)N(C)c1ccc(CN)cc1F. The van der Waals surface area contributed by atoms with Gasteiger partial charge in [0.05, 0.1) is 12.3 Å². The summed E-state index contributed by atoms with van der Waals surface area (Å²) in [7, 11) is 3.49. The third-order valence-electron chi connectivity index (χ3n) is 2.70. The quantitative estimate of drug-likeness (QED) is 0.831. The summed E-state index contributed by atoms with van der Waals surface area (Å²) in [5.74, 6) is -0.242. The van der Waals surface area contributed by atoms with Crippen LogP contribution in [0, 0.1) is 5.82 Å². The first-order valence-electron chi connectivity index (χ1n) is 5.30. The number of hydrogen-bond acceptors (Lipinski definition) is 3. The summed E-state index contributed by atoms with van der Waals surface area (Å²) in [6.45, 7) is 2.91. The second kappa shape index (κ2) is 5.82. The molecule has 1 aromatic rings. The summed E-state index contributed by atoms with van der Waals surface area (Å²) in [6, 6.07) is 5.20. The van der Waals surface area contributed by atoms with Crippen LogP contribution in [-0.4, -0.2) is 26.8 Å². The van der Waals surface area contributed by atoms with E-state index in [2.05, 4.69) is 0 Å². The van der Waals surface area contributed by atoms with Gasteiger partial charge in [-0.25, -0.2) is 4.39 Å². The number of halogens is 1. The van der Waals surface area contributed by atoms with E-state index in [1.54, 1.807) is 13.2 Å². The van der Waals surface area contributed by atoms with Gasteiger partial charge in [0.25, 0.3) is 0 Å². The van der Waals surface area contributed by atoms with Crippen molar-refractivity contribution >= 4 is 5.69 Å². The minimum Gasteiger partial charge on any atom is -0.383 e. The van der Waals surface area contributed by atoms with Gasteiger partial charge in [0.2, 0.25) is 0 Å². The van der Waals surface area contributed by atoms with Crippen LogP contribution in [0.2, 0.25) is 0 Å². The standard InChI is InChI=1S/C12H19FN2O/c1-9(8-16-3)15(2)12-5-4-10(7-14)6-11(12)13/h4-6,9H,7-8,14H2,1-3H3. The third-order valence-corrected chi connectivity index (χ3v) is 2.70. The van der Waals surface area contributed by atoms with E-state index in [1.165, 1.54) is 6.07 Å². The number of methoxy groups -OCH3 is 1. The van der Waals surface area contributed by atoms with Crippen LogP contribution in [0.15, 0.2) is 18.2 Å². The fourth-order valence-electron chi connectivity index (χ4n) is 1.55. The summed E-state index contributed by atoms with van der Waals surface area (Å²) in [4.78, 5) is 1.86. The number of hydrogen-bond donors (Lipinski definition) is 1. The Balaban J connectivity index is 2.87. The third kappa shape index (κ3) is 2.93. The number of nitrogens with two attached hydrogens (primary N) is 1. The lowest BCUT2D eigenvalue weighted by Crippen LogP contribution is -2.33. The van der Waals surface area contributed by atoms with Crippen LogP contribution in [-0.2, 0) is 11.3 Å². The lowest BCUT2D eigenvalue weighted by molar-refractivity contribution is 0.183. The summed E-state index contributed by atoms with van der Waals surface area (Å²) in [5, 5.41) is 0. The first-order valence-corrected chi connectivity index (χ1v) is 5.30. The van der Waals surface area contributed by atoms with Crippen LogP contribution in [0.3, 0.4) is 0 Å². The van der Waals surface area contributed by atoms with Gasteiger partial charge in [-0.2, -0.15) is 0 Å². The van der Waals surface area contributed by atoms with Gasteiger partial charge < -0.3 is 15.4 Å². The molecule has 4 heteroatoms. The fraction of sp³-hybridized carbons (Fsp3) is 0.500. The van der Waals surface area contributed by atoms with E-state index in [0.717, 1.165) is 5.56 Å². The summed E-state index contributed by atoms with van der Waals surface area (Å²) < 4.78 is 18.8. The van der Waals surface area contributed by atoms with Crippen molar-refractivity contribution in [2.45, 2.75) is 19.5 Å². The molecule has 0 radical (unpaired) electrons. The van der Waals surface area contributed by atoms with Crippen LogP contribution >= 0.6 is 0 Å². The van der Waals surface area contributed by atoms with E-state index in [0.29, 0.717) is 18.8 Å². The Morgan fingerprint density at radius 2 is 2.19 bits per heavy atom. The van der Waals surface area contributed by atoms with Gasteiger partial charge in [0.1, 0.15) is 5.82 Å². The molecule has 1 aromatic carbocycles. The Labute approximate surface area is 96.0 Å². The normalized spacial score (nSPS) is 12.6. The Morgan fingerprint density at radius 1 is 1.50 bits per heavy atom. The van der Waals surface area contributed by atoms with Gasteiger partial charge in [-0.05, 0) is 24.6 Å². The Kier molecular flexibility index (Phi) is 4.71. The molecule has 0 aromatic heterocycles. The molecule has 1 atom stereocenters. The smallest absolute Gasteiger partial charge is 0.146 e. The monoisotopic (exact) mass is 226 g/mol. The summed E-state index contributed by atoms with van der Waals surface area (Å²) >= 11 is 0. The number of anilines is 1. The van der Waals surface area contributed by atoms with Gasteiger partial charge in [-0.3, -0.25) is 0 Å². The molecule has 0 fully saturated rings. The van der Waals surface area contributed by atoms with Gasteiger partial charge in [0.15, 0.2) is 0 Å². The van der Waals surface area contributed by atoms with Crippen LogP contribution in [0.1, 0.15) is 12.5 Å². The zero-order chi connectivity index (χ0) is 12.1. The number of nitrogens with zero attached hydrogens (tertiary/aromatic N) is 1. The predicted molar refractivity (Wildman–Crippen MR) is 64.0 cm³/mol. The predicted octanol–water partition coefficient (Wildman–Crippen LogP) is 1.76. The minimum absolute atomic E-state index is 0.128. The number of ether oxygens (including phenoxy) is 1. The molecule has 1 unspecified atom stereocenters. The zero-order valence-corrected chi connectivity index (χ0v) is 10.0. The fourth-order valence-corrected chi connectivity index (χ4v) is 1.55. The highest BCUT2D eigenvalue weighted by atomic mass is 19.1. The number of likely N-dealkylation sites (N-methyl/N-ethyl adjacent to an activating group) is 1. The molecule has 0 saturated heterocycles. The Hall–Kier alpha value is -1.13. The van der Waals surface area contributed by atoms with E-state index in [9.17, 15) is 4.39 Å². The maximum absolute atomic E-state index is 13.8. The van der Waals surface area contributed by atoms with Crippen molar-refractivity contribution in [3.8, 4) is 0 Å². The molecule has 0 aliphatic rings. The average molecular weight is 226 g/mol. The van der Waals surface area contributed by atoms with Crippen molar-refractivity contribution < 1.29 is 9.13 Å². The minimum atomic E-state index is -0.242. The van der Waals surface area contributed by atoms with Gasteiger partial charge >= 0.3 is 0 Å². The van der Waals surface area contributed by atoms with E-state index in [4.69, 9.17) is 10.5 Å². The average Bonchev–Trinajstić information content (AvgIpc) is 2.28. The van der Waals surface area contributed by atoms with Crippen molar-refractivity contribution in [1.29, 1.82) is 0 Å². The van der Waals surface area contributed by atoms with Gasteiger partial charge in [0, 0.05) is 26.7 Å². The van der Waals surface area contributed by atoms with Crippen molar-refractivity contribution in [2.24, 2.45) is 5.73 Å². The van der Waals surface area contributed by atoms with Gasteiger partial charge in [-0.1, -0.05) is 6.07 Å². The summed E-state index contributed by atoms with van der Waals surface area (Å²) in [5.41, 5.74) is 6.82. The van der Waals surface area contributed by atoms with Crippen molar-refractivity contribution in [3.63, 3.8) is 0 Å². The largest absolute Gasteiger partial charge is 0.383 e. The van der Waals surface area contributed by atoms with Gasteiger partial charge in [-0.15, -0.1) is 0 Å². The highest BCUT2D eigenvalue weighted by Crippen LogP contribution is 2.21. The lowest BCUT2D eigenvalue weighted by atomic mass is 10.1. The number of benzene rings is 1. The molecular formula is C12H19FN2O. The Bertz CT molecular complexity index is 344. The highest BCUT2D eigenvalue weighted by molar-refractivity contribution is 5.49. The molecule has 0 amide bonds. The molecule has 0 spiro atoms. The van der Waals surface area contributed by atoms with Crippen molar-refractivity contribution in [3.05, 3.63) is 29.6 Å². The van der Waals surface area contributed by atoms with E-state index in [-0.39, 0.29) is 11.9 Å². The first-order chi connectivity index (χ1) is 7.60. The first kappa shape index (κ1) is 12.9. The molecule has 90 valence electrons. The molecule has 3 nitrogen and oxygen atoms in total. The molecule has 0 aliphatic carbocycles. The van der Waals surface area contributed by atoms with E-state index in [1.807, 2.05) is 24.9 Å². The highest BCUT2D eigenvalue weighted by Gasteiger charge is 2.13.